The van der Waals surface area contributed by atoms with Crippen LogP contribution in [0.3, 0.4) is 0 Å². The molecule has 0 bridgehead atoms. The molecule has 1 aromatic carbocycles. The van der Waals surface area contributed by atoms with Crippen molar-refractivity contribution in [2.45, 2.75) is 25.8 Å². The minimum Gasteiger partial charge on any atom is -0.367 e. The zero-order valence-electron chi connectivity index (χ0n) is 9.75. The first-order valence-corrected chi connectivity index (χ1v) is 6.04. The molecule has 88 valence electrons. The van der Waals surface area contributed by atoms with E-state index in [0.29, 0.717) is 6.04 Å². The molecular formula is C13H19FN2. The van der Waals surface area contributed by atoms with Crippen molar-refractivity contribution in [1.82, 2.24) is 5.32 Å². The molecule has 1 atom stereocenters. The van der Waals surface area contributed by atoms with Crippen LogP contribution in [0.5, 0.6) is 0 Å². The maximum Gasteiger partial charge on any atom is 0.125 e. The number of nitrogens with one attached hydrogen (secondary N) is 1. The van der Waals surface area contributed by atoms with Crippen LogP contribution in [0.2, 0.25) is 0 Å². The Hall–Kier alpha value is -1.09. The van der Waals surface area contributed by atoms with Gasteiger partial charge in [0.2, 0.25) is 0 Å². The summed E-state index contributed by atoms with van der Waals surface area (Å²) in [4.78, 5) is 2.29. The summed E-state index contributed by atoms with van der Waals surface area (Å²) in [7, 11) is 0. The van der Waals surface area contributed by atoms with Crippen LogP contribution >= 0.6 is 0 Å². The molecule has 1 saturated heterocycles. The molecule has 1 heterocycles. The Morgan fingerprint density at radius 1 is 1.50 bits per heavy atom. The number of hydrogen-bond donors (Lipinski definition) is 1. The lowest BCUT2D eigenvalue weighted by Crippen LogP contribution is -2.46. The highest BCUT2D eigenvalue weighted by Crippen LogP contribution is 2.21. The van der Waals surface area contributed by atoms with Gasteiger partial charge in [0.25, 0.3) is 0 Å². The van der Waals surface area contributed by atoms with Crippen LogP contribution in [0.4, 0.5) is 10.1 Å². The first-order chi connectivity index (χ1) is 7.81. The number of hydrogen-bond acceptors (Lipinski definition) is 2. The second-order valence-electron chi connectivity index (χ2n) is 4.27. The van der Waals surface area contributed by atoms with Gasteiger partial charge in [-0.1, -0.05) is 6.07 Å². The second-order valence-corrected chi connectivity index (χ2v) is 4.27. The Bertz CT molecular complexity index is 334. The molecule has 1 N–H and O–H groups in total. The van der Waals surface area contributed by atoms with E-state index in [1.807, 2.05) is 6.07 Å². The van der Waals surface area contributed by atoms with Gasteiger partial charge in [0, 0.05) is 24.8 Å². The van der Waals surface area contributed by atoms with Gasteiger partial charge in [-0.25, -0.2) is 4.39 Å². The predicted octanol–water partition coefficient (Wildman–Crippen LogP) is 2.40. The molecule has 1 fully saturated rings. The number of halogens is 1. The third-order valence-electron chi connectivity index (χ3n) is 3.19. The molecule has 0 radical (unpaired) electrons. The summed E-state index contributed by atoms with van der Waals surface area (Å²) in [5, 5.41) is 3.40. The highest BCUT2D eigenvalue weighted by molar-refractivity contribution is 5.47. The van der Waals surface area contributed by atoms with Crippen LogP contribution in [-0.2, 0) is 0 Å². The van der Waals surface area contributed by atoms with Crippen LogP contribution in [0.1, 0.15) is 19.8 Å². The van der Waals surface area contributed by atoms with Gasteiger partial charge in [0.1, 0.15) is 5.82 Å². The molecule has 1 aromatic rings. The van der Waals surface area contributed by atoms with Crippen molar-refractivity contribution in [3.05, 3.63) is 30.1 Å². The Kier molecular flexibility index (Phi) is 3.78. The number of anilines is 1. The largest absolute Gasteiger partial charge is 0.367 e. The average molecular weight is 222 g/mol. The van der Waals surface area contributed by atoms with Crippen molar-refractivity contribution in [2.24, 2.45) is 0 Å². The number of likely N-dealkylation sites (N-methyl/N-ethyl adjacent to an activating group) is 1. The van der Waals surface area contributed by atoms with Crippen molar-refractivity contribution in [3.8, 4) is 0 Å². The van der Waals surface area contributed by atoms with E-state index in [1.165, 1.54) is 18.9 Å². The zero-order valence-corrected chi connectivity index (χ0v) is 9.75. The third kappa shape index (κ3) is 2.53. The fourth-order valence-electron chi connectivity index (χ4n) is 2.41. The quantitative estimate of drug-likeness (QED) is 0.845. The number of rotatable bonds is 3. The normalized spacial score (nSPS) is 20.8. The molecule has 0 amide bonds. The molecule has 16 heavy (non-hydrogen) atoms. The van der Waals surface area contributed by atoms with E-state index in [4.69, 9.17) is 0 Å². The third-order valence-corrected chi connectivity index (χ3v) is 3.19. The molecule has 3 heteroatoms. The number of piperidine rings is 1. The van der Waals surface area contributed by atoms with E-state index >= 15 is 0 Å². The molecule has 2 rings (SSSR count). The minimum absolute atomic E-state index is 0.153. The molecule has 2 nitrogen and oxygen atoms in total. The highest BCUT2D eigenvalue weighted by Gasteiger charge is 2.19. The summed E-state index contributed by atoms with van der Waals surface area (Å²) in [5.74, 6) is -0.153. The standard InChI is InChI=1S/C13H19FN2/c1-2-16(13-7-4-8-15-10-13)12-6-3-5-11(14)9-12/h3,5-6,9,13,15H,2,4,7-8,10H2,1H3. The first-order valence-electron chi connectivity index (χ1n) is 6.04. The molecule has 0 aliphatic carbocycles. The van der Waals surface area contributed by atoms with Gasteiger partial charge in [-0.15, -0.1) is 0 Å². The monoisotopic (exact) mass is 222 g/mol. The maximum absolute atomic E-state index is 13.2. The first kappa shape index (κ1) is 11.4. The molecule has 0 saturated carbocycles. The van der Waals surface area contributed by atoms with Crippen LogP contribution in [0, 0.1) is 5.82 Å². The molecule has 0 aromatic heterocycles. The maximum atomic E-state index is 13.2. The zero-order chi connectivity index (χ0) is 11.4. The molecule has 0 spiro atoms. The van der Waals surface area contributed by atoms with Gasteiger partial charge in [0.15, 0.2) is 0 Å². The lowest BCUT2D eigenvalue weighted by atomic mass is 10.0. The Labute approximate surface area is 96.5 Å². The molecule has 1 unspecified atom stereocenters. The van der Waals surface area contributed by atoms with Crippen molar-refractivity contribution in [2.75, 3.05) is 24.5 Å². The van der Waals surface area contributed by atoms with Gasteiger partial charge in [-0.3, -0.25) is 0 Å². The van der Waals surface area contributed by atoms with Crippen LogP contribution < -0.4 is 10.2 Å². The van der Waals surface area contributed by atoms with E-state index in [9.17, 15) is 4.39 Å². The summed E-state index contributed by atoms with van der Waals surface area (Å²) < 4.78 is 13.2. The Balaban J connectivity index is 2.14. The van der Waals surface area contributed by atoms with Crippen molar-refractivity contribution < 1.29 is 4.39 Å². The second kappa shape index (κ2) is 5.30. The lowest BCUT2D eigenvalue weighted by molar-refractivity contribution is 0.435. The fourth-order valence-corrected chi connectivity index (χ4v) is 2.41. The summed E-state index contributed by atoms with van der Waals surface area (Å²) in [6, 6.07) is 7.39. The smallest absolute Gasteiger partial charge is 0.125 e. The minimum atomic E-state index is -0.153. The summed E-state index contributed by atoms with van der Waals surface area (Å²) in [6.07, 6.45) is 2.40. The van der Waals surface area contributed by atoms with Gasteiger partial charge in [-0.2, -0.15) is 0 Å². The van der Waals surface area contributed by atoms with Crippen LogP contribution in [0.25, 0.3) is 0 Å². The summed E-state index contributed by atoms with van der Waals surface area (Å²) in [6.45, 7) is 5.16. The average Bonchev–Trinajstić information content (AvgIpc) is 2.31. The number of benzene rings is 1. The van der Waals surface area contributed by atoms with Crippen molar-refractivity contribution in [1.29, 1.82) is 0 Å². The highest BCUT2D eigenvalue weighted by atomic mass is 19.1. The molecular weight excluding hydrogens is 203 g/mol. The number of nitrogens with zero attached hydrogens (tertiary/aromatic N) is 1. The fraction of sp³-hybridized carbons (Fsp3) is 0.538. The summed E-state index contributed by atoms with van der Waals surface area (Å²) >= 11 is 0. The van der Waals surface area contributed by atoms with Gasteiger partial charge >= 0.3 is 0 Å². The van der Waals surface area contributed by atoms with Gasteiger partial charge in [-0.05, 0) is 44.5 Å². The molecule has 1 aliphatic heterocycles. The van der Waals surface area contributed by atoms with E-state index in [2.05, 4.69) is 17.1 Å². The SMILES string of the molecule is CCN(c1cccc(F)c1)C1CCCNC1. The predicted molar refractivity (Wildman–Crippen MR) is 65.3 cm³/mol. The van der Waals surface area contributed by atoms with Crippen molar-refractivity contribution in [3.63, 3.8) is 0 Å². The molecule has 1 aliphatic rings. The van der Waals surface area contributed by atoms with Crippen LogP contribution in [-0.4, -0.2) is 25.7 Å². The van der Waals surface area contributed by atoms with E-state index in [1.54, 1.807) is 12.1 Å². The Morgan fingerprint density at radius 2 is 2.38 bits per heavy atom. The van der Waals surface area contributed by atoms with Crippen LogP contribution in [0.15, 0.2) is 24.3 Å². The summed E-state index contributed by atoms with van der Waals surface area (Å²) in [5.41, 5.74) is 0.996. The van der Waals surface area contributed by atoms with Gasteiger partial charge < -0.3 is 10.2 Å². The van der Waals surface area contributed by atoms with E-state index in [-0.39, 0.29) is 5.82 Å². The van der Waals surface area contributed by atoms with Crippen molar-refractivity contribution >= 4 is 5.69 Å². The van der Waals surface area contributed by atoms with E-state index in [0.717, 1.165) is 25.3 Å². The Morgan fingerprint density at radius 3 is 3.00 bits per heavy atom. The van der Waals surface area contributed by atoms with E-state index < -0.39 is 0 Å². The topological polar surface area (TPSA) is 15.3 Å². The van der Waals surface area contributed by atoms with Gasteiger partial charge in [0.05, 0.1) is 0 Å². The lowest BCUT2D eigenvalue weighted by Gasteiger charge is -2.35.